The lowest BCUT2D eigenvalue weighted by Gasteiger charge is -2.51. The smallest absolute Gasteiger partial charge is 0.309 e. The first-order valence-electron chi connectivity index (χ1n) is 24.0. The van der Waals surface area contributed by atoms with Gasteiger partial charge in [0.05, 0.1) is 47.2 Å². The summed E-state index contributed by atoms with van der Waals surface area (Å²) >= 11 is 0. The summed E-state index contributed by atoms with van der Waals surface area (Å²) in [7, 11) is 5.18. The van der Waals surface area contributed by atoms with E-state index in [2.05, 4.69) is 15.3 Å². The van der Waals surface area contributed by atoms with Gasteiger partial charge in [-0.1, -0.05) is 39.0 Å². The highest BCUT2D eigenvalue weighted by Crippen LogP contribution is 2.45. The molecule has 18 atom stereocenters. The average Bonchev–Trinajstić information content (AvgIpc) is 3.71. The maximum Gasteiger partial charge on any atom is 0.309 e. The van der Waals surface area contributed by atoms with Crippen LogP contribution in [0.1, 0.15) is 106 Å². The third-order valence-corrected chi connectivity index (χ3v) is 15.2. The fraction of sp³-hybridized carbons (Fsp3) is 0.833. The van der Waals surface area contributed by atoms with Crippen LogP contribution in [-0.4, -0.2) is 180 Å². The predicted octanol–water partition coefficient (Wildman–Crippen LogP) is 3.57. The Balaban J connectivity index is 1.47. The lowest BCUT2D eigenvalue weighted by molar-refractivity contribution is -0.302. The molecular weight excluding hydrogens is 875 g/mol. The van der Waals surface area contributed by atoms with Crippen molar-refractivity contribution in [3.8, 4) is 0 Å². The van der Waals surface area contributed by atoms with Crippen molar-refractivity contribution in [3.63, 3.8) is 0 Å². The Hall–Kier alpha value is -2.82. The molecule has 2 aromatic rings. The van der Waals surface area contributed by atoms with Crippen molar-refractivity contribution < 1.29 is 62.8 Å². The lowest BCUT2D eigenvalue weighted by atomic mass is 9.68. The summed E-state index contributed by atoms with van der Waals surface area (Å²) in [6, 6.07) is 3.25. The van der Waals surface area contributed by atoms with Crippen LogP contribution in [0, 0.1) is 23.7 Å². The number of carbonyl (C=O) groups excluding carboxylic acids is 1. The summed E-state index contributed by atoms with van der Waals surface area (Å²) in [6.45, 7) is 17.7. The molecule has 382 valence electrons. The van der Waals surface area contributed by atoms with Gasteiger partial charge in [-0.2, -0.15) is 8.78 Å². The average molecular weight is 955 g/mol. The minimum atomic E-state index is -3.26. The van der Waals surface area contributed by atoms with Gasteiger partial charge in [-0.05, 0) is 98.9 Å². The van der Waals surface area contributed by atoms with Crippen LogP contribution in [0.5, 0.6) is 0 Å². The van der Waals surface area contributed by atoms with Crippen molar-refractivity contribution in [1.82, 2.24) is 29.8 Å². The highest BCUT2D eigenvalue weighted by Gasteiger charge is 2.55. The number of carbonyl (C=O) groups is 1. The Morgan fingerprint density at radius 2 is 1.70 bits per heavy atom. The van der Waals surface area contributed by atoms with Gasteiger partial charge in [0.15, 0.2) is 6.29 Å². The van der Waals surface area contributed by atoms with Crippen molar-refractivity contribution in [2.75, 3.05) is 34.3 Å². The molecule has 3 aliphatic rings. The number of hydrogen-bond acceptors (Lipinski definition) is 16. The Morgan fingerprint density at radius 1 is 1.01 bits per heavy atom. The highest BCUT2D eigenvalue weighted by atomic mass is 19.3. The minimum Gasteiger partial charge on any atom is -0.459 e. The van der Waals surface area contributed by atoms with E-state index in [1.165, 1.54) is 38.6 Å². The summed E-state index contributed by atoms with van der Waals surface area (Å²) in [5.74, 6) is -6.57. The Morgan fingerprint density at radius 3 is 2.33 bits per heavy atom. The molecule has 3 saturated heterocycles. The summed E-state index contributed by atoms with van der Waals surface area (Å²) in [5.41, 5.74) is -4.42. The quantitative estimate of drug-likeness (QED) is 0.193. The topological polar surface area (TPSA) is 214 Å². The van der Waals surface area contributed by atoms with Crippen molar-refractivity contribution in [2.45, 2.75) is 198 Å². The van der Waals surface area contributed by atoms with Gasteiger partial charge in [-0.15, -0.1) is 5.10 Å². The van der Waals surface area contributed by atoms with Gasteiger partial charge in [0, 0.05) is 63.4 Å². The van der Waals surface area contributed by atoms with E-state index >= 15 is 0 Å². The van der Waals surface area contributed by atoms with E-state index in [1.807, 2.05) is 44.7 Å². The zero-order valence-corrected chi connectivity index (χ0v) is 41.8. The number of pyridine rings is 1. The fourth-order valence-corrected chi connectivity index (χ4v) is 11.1. The maximum absolute atomic E-state index is 15.0. The van der Waals surface area contributed by atoms with Crippen LogP contribution >= 0.6 is 0 Å². The van der Waals surface area contributed by atoms with Gasteiger partial charge in [0.1, 0.15) is 42.3 Å². The molecule has 0 bridgehead atoms. The number of methoxy groups -OCH3 is 1. The standard InChI is InChI=1S/C48H80F2N6O11/c1-14-37-47(10,62)40(58)31(6)55(12)24-27(2)22-45(8,61)42(29(4)38(30(5)43(60)66-37)35-23-46(9,63-13)41(59)32(7)65-35)67-44-39(57)34(21-28(3)64-44)54(11)20-18-33-25-56(53-52-33)26-48(49,50)36-17-15-16-19-51-36/h15-17,19,25,27-32,34-35,37-42,44,57-59,61-62H,14,18,20-24,26H2,1-13H3/t27-,28-,29+,30-,31-,32+,34+,35?,37-,38+,39-,40-,41+,42-,44+,45-,46-,47-/m1/s1. The molecule has 0 radical (unpaired) electrons. The highest BCUT2D eigenvalue weighted by molar-refractivity contribution is 5.73. The molecule has 0 aromatic carbocycles. The molecule has 5 rings (SSSR count). The van der Waals surface area contributed by atoms with Crippen LogP contribution in [0.3, 0.4) is 0 Å². The predicted molar refractivity (Wildman–Crippen MR) is 244 cm³/mol. The first kappa shape index (κ1) is 55.1. The van der Waals surface area contributed by atoms with Gasteiger partial charge in [-0.25, -0.2) is 4.68 Å². The first-order valence-corrected chi connectivity index (χ1v) is 24.0. The second-order valence-corrected chi connectivity index (χ2v) is 20.8. The van der Waals surface area contributed by atoms with Gasteiger partial charge < -0.3 is 59.0 Å². The van der Waals surface area contributed by atoms with Crippen LogP contribution < -0.4 is 0 Å². The number of esters is 1. The second-order valence-electron chi connectivity index (χ2n) is 20.8. The van der Waals surface area contributed by atoms with Crippen LogP contribution in [-0.2, 0) is 47.4 Å². The van der Waals surface area contributed by atoms with Crippen molar-refractivity contribution in [1.29, 1.82) is 0 Å². The molecule has 0 aliphatic carbocycles. The number of nitrogens with zero attached hydrogens (tertiary/aromatic N) is 6. The number of aliphatic hydroxyl groups is 5. The molecule has 17 nitrogen and oxygen atoms in total. The molecule has 0 amide bonds. The van der Waals surface area contributed by atoms with E-state index in [0.717, 1.165) is 4.68 Å². The normalized spacial score (nSPS) is 41.4. The molecule has 0 spiro atoms. The largest absolute Gasteiger partial charge is 0.459 e. The lowest BCUT2D eigenvalue weighted by Crippen LogP contribution is -2.62. The molecule has 3 fully saturated rings. The zero-order valence-electron chi connectivity index (χ0n) is 41.8. The van der Waals surface area contributed by atoms with Crippen LogP contribution in [0.4, 0.5) is 8.78 Å². The van der Waals surface area contributed by atoms with Crippen LogP contribution in [0.2, 0.25) is 0 Å². The molecule has 19 heteroatoms. The molecule has 0 saturated carbocycles. The summed E-state index contributed by atoms with van der Waals surface area (Å²) < 4.78 is 63.0. The molecule has 5 N–H and O–H groups in total. The number of likely N-dealkylation sites (N-methyl/N-ethyl adjacent to an activating group) is 2. The molecule has 1 unspecified atom stereocenters. The third kappa shape index (κ3) is 12.6. The number of rotatable bonds is 12. The van der Waals surface area contributed by atoms with Crippen LogP contribution in [0.25, 0.3) is 0 Å². The molecule has 2 aromatic heterocycles. The fourth-order valence-electron chi connectivity index (χ4n) is 11.1. The second kappa shape index (κ2) is 22.1. The van der Waals surface area contributed by atoms with Crippen molar-refractivity contribution >= 4 is 5.97 Å². The number of ether oxygens (including phenoxy) is 5. The number of alkyl halides is 2. The van der Waals surface area contributed by atoms with Crippen molar-refractivity contribution in [3.05, 3.63) is 42.0 Å². The van der Waals surface area contributed by atoms with Gasteiger partial charge >= 0.3 is 11.9 Å². The first-order chi connectivity index (χ1) is 31.2. The van der Waals surface area contributed by atoms with Crippen LogP contribution in [0.15, 0.2) is 30.6 Å². The van der Waals surface area contributed by atoms with E-state index < -0.39 is 120 Å². The van der Waals surface area contributed by atoms with E-state index in [0.29, 0.717) is 31.6 Å². The Bertz CT molecular complexity index is 1880. The Kier molecular flexibility index (Phi) is 18.2. The number of aromatic nitrogens is 4. The summed E-state index contributed by atoms with van der Waals surface area (Å²) in [4.78, 5) is 22.2. The van der Waals surface area contributed by atoms with Gasteiger partial charge in [-0.3, -0.25) is 9.78 Å². The van der Waals surface area contributed by atoms with Gasteiger partial charge in [0.2, 0.25) is 0 Å². The number of cyclic esters (lactones) is 1. The maximum atomic E-state index is 15.0. The monoisotopic (exact) mass is 955 g/mol. The minimum absolute atomic E-state index is 0.162. The number of hydrogen-bond donors (Lipinski definition) is 5. The number of halogens is 2. The molecule has 67 heavy (non-hydrogen) atoms. The van der Waals surface area contributed by atoms with E-state index in [-0.39, 0.29) is 30.9 Å². The molecule has 5 heterocycles. The van der Waals surface area contributed by atoms with E-state index in [1.54, 1.807) is 47.6 Å². The summed E-state index contributed by atoms with van der Waals surface area (Å²) in [5, 5.41) is 67.9. The third-order valence-electron chi connectivity index (χ3n) is 15.2. The van der Waals surface area contributed by atoms with E-state index in [4.69, 9.17) is 23.7 Å². The Labute approximate surface area is 395 Å². The molecular formula is C48H80F2N6O11. The summed E-state index contributed by atoms with van der Waals surface area (Å²) in [6.07, 6.45) is -4.76. The number of aliphatic hydroxyl groups excluding tert-OH is 3. The van der Waals surface area contributed by atoms with Gasteiger partial charge in [0.25, 0.3) is 0 Å². The van der Waals surface area contributed by atoms with Crippen molar-refractivity contribution in [2.24, 2.45) is 23.7 Å². The zero-order chi connectivity index (χ0) is 50.0. The molecule has 3 aliphatic heterocycles. The SMILES string of the molecule is CC[C@H]1OC(=O)[C@H](C)[C@@H](C2C[C@@](C)(OC)[C@@H](O)[C@H](C)O2)[C@H](C)[C@@H](O[C@@H]2O[C@H](C)C[C@H](N(C)CCc3cn(CC(F)(F)c4ccccn4)nn3)[C@H]2O)[C@](C)(O)C[C@@H](C)CN(C)[C@H](C)[C@@H](O)[C@]1(C)O. The van der Waals surface area contributed by atoms with E-state index in [9.17, 15) is 39.1 Å².